The Balaban J connectivity index is 2.05. The predicted octanol–water partition coefficient (Wildman–Crippen LogP) is 2.44. The number of rotatable bonds is 10. The second kappa shape index (κ2) is 13.6. The molecule has 1 aliphatic heterocycles. The molecule has 0 bridgehead atoms. The van der Waals surface area contributed by atoms with Gasteiger partial charge >= 0.3 is 29.8 Å². The lowest BCUT2D eigenvalue weighted by Gasteiger charge is -2.44. The van der Waals surface area contributed by atoms with Gasteiger partial charge in [-0.05, 0) is 17.2 Å². The van der Waals surface area contributed by atoms with Crippen molar-refractivity contribution in [2.75, 3.05) is 6.61 Å². The van der Waals surface area contributed by atoms with E-state index < -0.39 is 67.2 Å². The molecule has 0 saturated carbocycles. The second-order valence-electron chi connectivity index (χ2n) is 8.95. The Morgan fingerprint density at radius 1 is 0.775 bits per heavy atom. The number of carboxylic acids is 1. The summed E-state index contributed by atoms with van der Waals surface area (Å²) in [7, 11) is 0. The van der Waals surface area contributed by atoms with E-state index in [0.717, 1.165) is 20.8 Å². The fourth-order valence-electron chi connectivity index (χ4n) is 4.24. The summed E-state index contributed by atoms with van der Waals surface area (Å²) in [5.41, 5.74) is 1.76. The molecule has 5 atom stereocenters. The number of hydrogen-bond donors (Lipinski definition) is 1. The summed E-state index contributed by atoms with van der Waals surface area (Å²) < 4.78 is 33.6. The van der Waals surface area contributed by atoms with Crippen LogP contribution in [0.5, 0.6) is 5.75 Å². The van der Waals surface area contributed by atoms with Gasteiger partial charge in [0.15, 0.2) is 12.2 Å². The lowest BCUT2D eigenvalue weighted by molar-refractivity contribution is -0.288. The zero-order valence-corrected chi connectivity index (χ0v) is 22.4. The Labute approximate surface area is 230 Å². The second-order valence-corrected chi connectivity index (χ2v) is 8.95. The van der Waals surface area contributed by atoms with E-state index in [-0.39, 0.29) is 12.2 Å². The number of ether oxygens (including phenoxy) is 6. The molecule has 3 rings (SSSR count). The van der Waals surface area contributed by atoms with Gasteiger partial charge in [-0.25, -0.2) is 0 Å². The van der Waals surface area contributed by atoms with Crippen LogP contribution in [-0.2, 0) is 54.1 Å². The van der Waals surface area contributed by atoms with Crippen molar-refractivity contribution in [3.05, 3.63) is 54.1 Å². The van der Waals surface area contributed by atoms with Gasteiger partial charge in [-0.15, -0.1) is 0 Å². The first-order valence-corrected chi connectivity index (χ1v) is 12.3. The minimum Gasteiger partial charge on any atom is -0.481 e. The van der Waals surface area contributed by atoms with Crippen LogP contribution in [0.3, 0.4) is 0 Å². The molecule has 1 heterocycles. The lowest BCUT2D eigenvalue weighted by Crippen LogP contribution is -2.63. The molecule has 1 fully saturated rings. The molecule has 0 aromatic heterocycles. The van der Waals surface area contributed by atoms with Gasteiger partial charge in [-0.2, -0.15) is 0 Å². The number of carbonyl (C=O) groups is 5. The average Bonchev–Trinajstić information content (AvgIpc) is 2.85. The van der Waals surface area contributed by atoms with Crippen LogP contribution in [0.4, 0.5) is 0 Å². The quantitative estimate of drug-likeness (QED) is 0.335. The number of carbonyl (C=O) groups excluding carboxylic acids is 4. The minimum atomic E-state index is -1.41. The van der Waals surface area contributed by atoms with Crippen LogP contribution in [0.1, 0.15) is 33.3 Å². The Bertz CT molecular complexity index is 1260. The standard InChI is InChI=1S/C28H30O12/c1-15(29)35-14-23-25(36-16(2)30)26(37-17(3)31)27(38-18(4)32)28(40-23)39-22-11-6-5-10-21(22)20-9-7-8-19(12-20)13-24(33)34/h5-12,23,25-28H,13-14H2,1-4H3,(H,33,34)/t23-,25-,26+,27+,28+/m1/s1. The predicted molar refractivity (Wildman–Crippen MR) is 136 cm³/mol. The molecule has 12 nitrogen and oxygen atoms in total. The summed E-state index contributed by atoms with van der Waals surface area (Å²) in [4.78, 5) is 58.8. The van der Waals surface area contributed by atoms with Crippen molar-refractivity contribution < 1.29 is 57.5 Å². The van der Waals surface area contributed by atoms with Crippen LogP contribution < -0.4 is 4.74 Å². The van der Waals surface area contributed by atoms with Crippen molar-refractivity contribution in [3.63, 3.8) is 0 Å². The van der Waals surface area contributed by atoms with E-state index in [9.17, 15) is 29.1 Å². The highest BCUT2D eigenvalue weighted by Gasteiger charge is 2.53. The molecule has 12 heteroatoms. The maximum atomic E-state index is 12.1. The number of hydrogen-bond acceptors (Lipinski definition) is 11. The number of carboxylic acid groups (broad SMARTS) is 1. The molecule has 2 aromatic rings. The van der Waals surface area contributed by atoms with Crippen molar-refractivity contribution >= 4 is 29.8 Å². The molecule has 0 radical (unpaired) electrons. The van der Waals surface area contributed by atoms with Crippen molar-refractivity contribution in [2.24, 2.45) is 0 Å². The monoisotopic (exact) mass is 558 g/mol. The zero-order valence-electron chi connectivity index (χ0n) is 22.4. The number of aliphatic carboxylic acids is 1. The van der Waals surface area contributed by atoms with Crippen LogP contribution >= 0.6 is 0 Å². The maximum absolute atomic E-state index is 12.1. The van der Waals surface area contributed by atoms with Crippen molar-refractivity contribution in [3.8, 4) is 16.9 Å². The first-order valence-electron chi connectivity index (χ1n) is 12.3. The average molecular weight is 559 g/mol. The Morgan fingerprint density at radius 3 is 2.02 bits per heavy atom. The van der Waals surface area contributed by atoms with Crippen LogP contribution in [0.25, 0.3) is 11.1 Å². The minimum absolute atomic E-state index is 0.184. The normalized spacial score (nSPS) is 21.9. The summed E-state index contributed by atoms with van der Waals surface area (Å²) in [5.74, 6) is -3.63. The summed E-state index contributed by atoms with van der Waals surface area (Å²) in [6.45, 7) is 4.18. The number of esters is 4. The van der Waals surface area contributed by atoms with E-state index in [2.05, 4.69) is 0 Å². The maximum Gasteiger partial charge on any atom is 0.307 e. The zero-order chi connectivity index (χ0) is 29.4. The third kappa shape index (κ3) is 8.27. The molecular weight excluding hydrogens is 528 g/mol. The van der Waals surface area contributed by atoms with E-state index in [4.69, 9.17) is 28.4 Å². The van der Waals surface area contributed by atoms with Gasteiger partial charge in [0.25, 0.3) is 0 Å². The van der Waals surface area contributed by atoms with E-state index in [0.29, 0.717) is 16.7 Å². The SMILES string of the molecule is CC(=O)OC[C@H]1O[C@H](Oc2ccccc2-c2cccc(CC(=O)O)c2)[C@@H](OC(C)=O)[C@@H](OC(C)=O)[C@@H]1OC(C)=O. The third-order valence-electron chi connectivity index (χ3n) is 5.67. The van der Waals surface area contributed by atoms with E-state index >= 15 is 0 Å². The van der Waals surface area contributed by atoms with Crippen LogP contribution in [-0.4, -0.2) is 72.3 Å². The Morgan fingerprint density at radius 2 is 1.40 bits per heavy atom. The van der Waals surface area contributed by atoms with E-state index in [1.807, 2.05) is 0 Å². The van der Waals surface area contributed by atoms with E-state index in [1.54, 1.807) is 48.5 Å². The van der Waals surface area contributed by atoms with Gasteiger partial charge < -0.3 is 33.5 Å². The van der Waals surface area contributed by atoms with Crippen molar-refractivity contribution in [1.82, 2.24) is 0 Å². The fraction of sp³-hybridized carbons (Fsp3) is 0.393. The first-order chi connectivity index (χ1) is 18.9. The molecular formula is C28H30O12. The molecule has 0 amide bonds. The highest BCUT2D eigenvalue weighted by Crippen LogP contribution is 2.35. The third-order valence-corrected chi connectivity index (χ3v) is 5.67. The highest BCUT2D eigenvalue weighted by molar-refractivity contribution is 5.74. The molecule has 1 saturated heterocycles. The first kappa shape index (κ1) is 30.1. The molecule has 214 valence electrons. The van der Waals surface area contributed by atoms with Gasteiger partial charge in [0.05, 0.1) is 6.42 Å². The molecule has 2 aromatic carbocycles. The molecule has 0 unspecified atom stereocenters. The summed E-state index contributed by atoms with van der Waals surface area (Å²) >= 11 is 0. The van der Waals surface area contributed by atoms with Gasteiger partial charge in [0.2, 0.25) is 12.4 Å². The number of benzene rings is 2. The largest absolute Gasteiger partial charge is 0.481 e. The summed E-state index contributed by atoms with van der Waals surface area (Å²) in [5, 5.41) is 9.19. The van der Waals surface area contributed by atoms with Crippen molar-refractivity contribution in [2.45, 2.75) is 64.8 Å². The molecule has 40 heavy (non-hydrogen) atoms. The molecule has 0 aliphatic carbocycles. The van der Waals surface area contributed by atoms with E-state index in [1.165, 1.54) is 6.92 Å². The van der Waals surface area contributed by atoms with Gasteiger partial charge in [0, 0.05) is 33.3 Å². The summed E-state index contributed by atoms with van der Waals surface area (Å²) in [6.07, 6.45) is -6.85. The van der Waals surface area contributed by atoms with Gasteiger partial charge in [0.1, 0.15) is 18.5 Å². The van der Waals surface area contributed by atoms with Crippen LogP contribution in [0.2, 0.25) is 0 Å². The van der Waals surface area contributed by atoms with Gasteiger partial charge in [-0.1, -0.05) is 42.5 Å². The fourth-order valence-corrected chi connectivity index (χ4v) is 4.24. The Hall–Kier alpha value is -4.45. The molecule has 1 aliphatic rings. The van der Waals surface area contributed by atoms with Gasteiger partial charge in [-0.3, -0.25) is 24.0 Å². The highest BCUT2D eigenvalue weighted by atomic mass is 16.7. The Kier molecular flexibility index (Phi) is 10.2. The van der Waals surface area contributed by atoms with Crippen LogP contribution in [0.15, 0.2) is 48.5 Å². The molecule has 0 spiro atoms. The summed E-state index contributed by atoms with van der Waals surface area (Å²) in [6, 6.07) is 13.6. The van der Waals surface area contributed by atoms with Crippen molar-refractivity contribution in [1.29, 1.82) is 0 Å². The number of para-hydroxylation sites is 1. The topological polar surface area (TPSA) is 161 Å². The molecule has 1 N–H and O–H groups in total. The smallest absolute Gasteiger partial charge is 0.307 e. The van der Waals surface area contributed by atoms with Crippen LogP contribution in [0, 0.1) is 0 Å². The lowest BCUT2D eigenvalue weighted by atomic mass is 9.97.